The number of thioether (sulfide) groups is 1. The molecular weight excluding hydrogens is 515 g/mol. The number of hydrogen-bond donors (Lipinski definition) is 3. The van der Waals surface area contributed by atoms with E-state index in [0.29, 0.717) is 28.0 Å². The molecule has 2 aromatic carbocycles. The van der Waals surface area contributed by atoms with Crippen molar-refractivity contribution >= 4 is 39.3 Å². The average molecular weight is 531 g/mol. The lowest BCUT2D eigenvalue weighted by Gasteiger charge is -2.10. The van der Waals surface area contributed by atoms with E-state index in [1.54, 1.807) is 28.8 Å². The largest absolute Gasteiger partial charge is 0.325 e. The predicted molar refractivity (Wildman–Crippen MR) is 125 cm³/mol. The second kappa shape index (κ2) is 9.96. The molecule has 168 valence electrons. The van der Waals surface area contributed by atoms with Crippen LogP contribution in [0.5, 0.6) is 0 Å². The lowest BCUT2D eigenvalue weighted by molar-refractivity contribution is -0.113. The van der Waals surface area contributed by atoms with E-state index < -0.39 is 17.1 Å². The molecule has 0 saturated heterocycles. The van der Waals surface area contributed by atoms with Gasteiger partial charge >= 0.3 is 5.69 Å². The molecule has 0 unspecified atom stereocenters. The molecule has 0 spiro atoms. The minimum absolute atomic E-state index is 0.0528. The predicted octanol–water partition coefficient (Wildman–Crippen LogP) is 2.87. The van der Waals surface area contributed by atoms with Crippen LogP contribution in [0.3, 0.4) is 0 Å². The van der Waals surface area contributed by atoms with Gasteiger partial charge in [-0.1, -0.05) is 27.7 Å². The van der Waals surface area contributed by atoms with Gasteiger partial charge < -0.3 is 10.3 Å². The summed E-state index contributed by atoms with van der Waals surface area (Å²) < 4.78 is 16.0. The van der Waals surface area contributed by atoms with E-state index >= 15 is 0 Å². The van der Waals surface area contributed by atoms with Crippen LogP contribution in [0, 0.1) is 5.82 Å². The fourth-order valence-electron chi connectivity index (χ4n) is 3.00. The molecule has 4 aromatic rings. The highest BCUT2D eigenvalue weighted by Gasteiger charge is 2.17. The smallest absolute Gasteiger partial charge is 0.325 e. The first-order chi connectivity index (χ1) is 15.9. The molecule has 3 N–H and O–H groups in total. The molecule has 33 heavy (non-hydrogen) atoms. The van der Waals surface area contributed by atoms with E-state index in [2.05, 4.69) is 41.4 Å². The van der Waals surface area contributed by atoms with Gasteiger partial charge in [0.25, 0.3) is 5.56 Å². The summed E-state index contributed by atoms with van der Waals surface area (Å²) in [7, 11) is 0. The topological polar surface area (TPSA) is 126 Å². The van der Waals surface area contributed by atoms with Crippen LogP contribution in [-0.4, -0.2) is 36.4 Å². The number of anilines is 1. The number of carbonyl (C=O) groups is 1. The van der Waals surface area contributed by atoms with Crippen LogP contribution in [0.4, 0.5) is 10.1 Å². The summed E-state index contributed by atoms with van der Waals surface area (Å²) in [5.74, 6) is -0.192. The Hall–Kier alpha value is -3.51. The number of aromatic nitrogens is 5. The Bertz CT molecular complexity index is 1370. The van der Waals surface area contributed by atoms with E-state index in [1.807, 2.05) is 12.1 Å². The minimum atomic E-state index is -0.635. The highest BCUT2D eigenvalue weighted by molar-refractivity contribution is 9.10. The van der Waals surface area contributed by atoms with Crippen molar-refractivity contribution in [3.8, 4) is 5.69 Å². The molecule has 0 aliphatic heterocycles. The lowest BCUT2D eigenvalue weighted by atomic mass is 10.2. The molecule has 2 aromatic heterocycles. The number of halogens is 2. The third-order valence-electron chi connectivity index (χ3n) is 4.41. The Labute approximate surface area is 198 Å². The quantitative estimate of drug-likeness (QED) is 0.315. The van der Waals surface area contributed by atoms with Crippen molar-refractivity contribution in [3.63, 3.8) is 0 Å². The number of H-pyrrole nitrogens is 2. The fourth-order valence-corrected chi connectivity index (χ4v) is 4.04. The Morgan fingerprint density at radius 2 is 1.79 bits per heavy atom. The normalized spacial score (nSPS) is 10.8. The molecule has 9 nitrogen and oxygen atoms in total. The number of hydrogen-bond acceptors (Lipinski definition) is 6. The number of rotatable bonds is 7. The third kappa shape index (κ3) is 5.84. The summed E-state index contributed by atoms with van der Waals surface area (Å²) in [6.07, 6.45) is 0.0924. The van der Waals surface area contributed by atoms with Crippen molar-refractivity contribution in [1.29, 1.82) is 0 Å². The zero-order valence-corrected chi connectivity index (χ0v) is 19.2. The maximum Gasteiger partial charge on any atom is 0.325 e. The molecule has 0 atom stereocenters. The van der Waals surface area contributed by atoms with E-state index in [1.165, 1.54) is 18.2 Å². The zero-order chi connectivity index (χ0) is 23.4. The van der Waals surface area contributed by atoms with Gasteiger partial charge in [-0.3, -0.25) is 19.1 Å². The van der Waals surface area contributed by atoms with Crippen LogP contribution in [0.15, 0.2) is 73.8 Å². The fraction of sp³-hybridized carbons (Fsp3) is 0.0952. The maximum absolute atomic E-state index is 13.5. The standard InChI is InChI=1S/C21H16BrFN6O3S/c22-12-1-5-14(6-2-12)24-19(31)11-33-21-28-27-17(9-15-10-18(30)26-20(32)25-15)29(21)16-7-3-13(23)4-8-16/h1-8,10H,9,11H2,(H,24,31)(H2,25,26,30,32). The van der Waals surface area contributed by atoms with Gasteiger partial charge in [-0.2, -0.15) is 0 Å². The summed E-state index contributed by atoms with van der Waals surface area (Å²) in [4.78, 5) is 40.3. The van der Waals surface area contributed by atoms with Gasteiger partial charge in [-0.15, -0.1) is 10.2 Å². The maximum atomic E-state index is 13.5. The van der Waals surface area contributed by atoms with E-state index in [4.69, 9.17) is 0 Å². The van der Waals surface area contributed by atoms with Crippen molar-refractivity contribution in [2.45, 2.75) is 11.6 Å². The Morgan fingerprint density at radius 1 is 1.06 bits per heavy atom. The van der Waals surface area contributed by atoms with Crippen LogP contribution in [0.25, 0.3) is 5.69 Å². The highest BCUT2D eigenvalue weighted by Crippen LogP contribution is 2.24. The van der Waals surface area contributed by atoms with Gasteiger partial charge in [0.05, 0.1) is 5.75 Å². The molecule has 12 heteroatoms. The summed E-state index contributed by atoms with van der Waals surface area (Å²) >= 11 is 4.49. The van der Waals surface area contributed by atoms with Crippen molar-refractivity contribution in [3.05, 3.63) is 97.2 Å². The molecule has 0 radical (unpaired) electrons. The van der Waals surface area contributed by atoms with Gasteiger partial charge in [-0.05, 0) is 48.5 Å². The molecule has 1 amide bonds. The number of benzene rings is 2. The highest BCUT2D eigenvalue weighted by atomic mass is 79.9. The number of amides is 1. The van der Waals surface area contributed by atoms with Crippen molar-refractivity contribution in [2.24, 2.45) is 0 Å². The Morgan fingerprint density at radius 3 is 2.48 bits per heavy atom. The number of aromatic amines is 2. The Balaban J connectivity index is 1.58. The molecule has 0 saturated carbocycles. The van der Waals surface area contributed by atoms with Crippen LogP contribution in [0.2, 0.25) is 0 Å². The first-order valence-corrected chi connectivity index (χ1v) is 11.4. The molecule has 2 heterocycles. The molecule has 4 rings (SSSR count). The lowest BCUT2D eigenvalue weighted by Crippen LogP contribution is -2.23. The summed E-state index contributed by atoms with van der Waals surface area (Å²) in [5.41, 5.74) is 0.386. The van der Waals surface area contributed by atoms with E-state index in [0.717, 1.165) is 16.2 Å². The second-order valence-electron chi connectivity index (χ2n) is 6.84. The summed E-state index contributed by atoms with van der Waals surface area (Å²) in [6.45, 7) is 0. The van der Waals surface area contributed by atoms with Crippen LogP contribution >= 0.6 is 27.7 Å². The van der Waals surface area contributed by atoms with Gasteiger partial charge in [0.2, 0.25) is 5.91 Å². The minimum Gasteiger partial charge on any atom is -0.325 e. The molecule has 0 aliphatic rings. The van der Waals surface area contributed by atoms with Crippen molar-refractivity contribution < 1.29 is 9.18 Å². The first kappa shape index (κ1) is 22.7. The second-order valence-corrected chi connectivity index (χ2v) is 8.70. The van der Waals surface area contributed by atoms with Gasteiger partial charge in [0.15, 0.2) is 5.16 Å². The van der Waals surface area contributed by atoms with E-state index in [9.17, 15) is 18.8 Å². The number of carbonyl (C=O) groups excluding carboxylic acids is 1. The average Bonchev–Trinajstić information content (AvgIpc) is 3.16. The SMILES string of the molecule is O=C(CSc1nnc(Cc2cc(=O)[nH]c(=O)[nH]2)n1-c1ccc(F)cc1)Nc1ccc(Br)cc1. The van der Waals surface area contributed by atoms with Crippen molar-refractivity contribution in [2.75, 3.05) is 11.1 Å². The Kier molecular flexibility index (Phi) is 6.84. The first-order valence-electron chi connectivity index (χ1n) is 9.58. The van der Waals surface area contributed by atoms with E-state index in [-0.39, 0.29) is 18.1 Å². The number of nitrogens with zero attached hydrogens (tertiary/aromatic N) is 3. The monoisotopic (exact) mass is 530 g/mol. The van der Waals surface area contributed by atoms with Crippen LogP contribution in [-0.2, 0) is 11.2 Å². The van der Waals surface area contributed by atoms with Crippen LogP contribution < -0.4 is 16.6 Å². The van der Waals surface area contributed by atoms with Crippen LogP contribution in [0.1, 0.15) is 11.5 Å². The van der Waals surface area contributed by atoms with Gasteiger partial charge in [0, 0.05) is 34.0 Å². The van der Waals surface area contributed by atoms with Gasteiger partial charge in [0.1, 0.15) is 11.6 Å². The molecule has 0 fully saturated rings. The summed E-state index contributed by atoms with van der Waals surface area (Å²) in [5, 5.41) is 11.5. The third-order valence-corrected chi connectivity index (χ3v) is 5.87. The molecule has 0 aliphatic carbocycles. The molecule has 0 bridgehead atoms. The molecular formula is C21H16BrFN6O3S. The summed E-state index contributed by atoms with van der Waals surface area (Å²) in [6, 6.07) is 14.1. The number of nitrogens with one attached hydrogen (secondary N) is 3. The zero-order valence-electron chi connectivity index (χ0n) is 16.8. The van der Waals surface area contributed by atoms with Crippen molar-refractivity contribution in [1.82, 2.24) is 24.7 Å². The van der Waals surface area contributed by atoms with Gasteiger partial charge in [-0.25, -0.2) is 9.18 Å².